The predicted octanol–water partition coefficient (Wildman–Crippen LogP) is 3.31. The Morgan fingerprint density at radius 3 is 2.42 bits per heavy atom. The molecule has 0 aliphatic heterocycles. The van der Waals surface area contributed by atoms with Crippen LogP contribution in [0, 0.1) is 0 Å². The summed E-state index contributed by atoms with van der Waals surface area (Å²) in [6.07, 6.45) is 0.497. The maximum absolute atomic E-state index is 11.6. The van der Waals surface area contributed by atoms with Crippen molar-refractivity contribution in [2.24, 2.45) is 0 Å². The normalized spacial score (nSPS) is 11.5. The van der Waals surface area contributed by atoms with E-state index in [2.05, 4.69) is 49.6 Å². The zero-order valence-electron chi connectivity index (χ0n) is 12.7. The van der Waals surface area contributed by atoms with Gasteiger partial charge < -0.3 is 10.6 Å². The molecule has 106 valence electrons. The number of carbonyl (C=O) groups excluding carboxylic acids is 1. The van der Waals surface area contributed by atoms with E-state index in [0.717, 1.165) is 5.69 Å². The topological polar surface area (TPSA) is 41.1 Å². The number of hydrogen-bond donors (Lipinski definition) is 2. The molecule has 1 rings (SSSR count). The number of amides is 1. The van der Waals surface area contributed by atoms with Crippen molar-refractivity contribution >= 4 is 11.6 Å². The monoisotopic (exact) mass is 262 g/mol. The fraction of sp³-hybridized carbons (Fsp3) is 0.562. The molecular weight excluding hydrogens is 236 g/mol. The SMILES string of the molecule is CC(C)NC(=O)CCNc1ccccc1C(C)(C)C. The van der Waals surface area contributed by atoms with E-state index in [1.807, 2.05) is 19.9 Å². The second-order valence-electron chi connectivity index (χ2n) is 6.19. The molecule has 1 amide bonds. The molecule has 0 spiro atoms. The molecule has 0 unspecified atom stereocenters. The van der Waals surface area contributed by atoms with E-state index in [-0.39, 0.29) is 17.4 Å². The molecule has 1 aromatic rings. The molecule has 0 radical (unpaired) electrons. The number of anilines is 1. The van der Waals surface area contributed by atoms with Crippen LogP contribution in [-0.4, -0.2) is 18.5 Å². The van der Waals surface area contributed by atoms with Gasteiger partial charge in [0.05, 0.1) is 0 Å². The molecule has 0 aromatic heterocycles. The molecule has 0 heterocycles. The summed E-state index contributed by atoms with van der Waals surface area (Å²) in [5, 5.41) is 6.26. The molecule has 0 aliphatic carbocycles. The van der Waals surface area contributed by atoms with Gasteiger partial charge in [0.2, 0.25) is 5.91 Å². The summed E-state index contributed by atoms with van der Waals surface area (Å²) >= 11 is 0. The average molecular weight is 262 g/mol. The molecule has 0 saturated heterocycles. The molecule has 1 aromatic carbocycles. The van der Waals surface area contributed by atoms with Crippen LogP contribution in [0.3, 0.4) is 0 Å². The van der Waals surface area contributed by atoms with Gasteiger partial charge in [-0.1, -0.05) is 39.0 Å². The number of carbonyl (C=O) groups is 1. The molecule has 3 heteroatoms. The van der Waals surface area contributed by atoms with Crippen LogP contribution in [-0.2, 0) is 10.2 Å². The highest BCUT2D eigenvalue weighted by Crippen LogP contribution is 2.29. The van der Waals surface area contributed by atoms with Gasteiger partial charge in [0.25, 0.3) is 0 Å². The van der Waals surface area contributed by atoms with E-state index in [1.165, 1.54) is 5.56 Å². The minimum atomic E-state index is 0.0933. The first-order valence-electron chi connectivity index (χ1n) is 6.93. The third-order valence-corrected chi connectivity index (χ3v) is 2.85. The van der Waals surface area contributed by atoms with Crippen LogP contribution in [0.5, 0.6) is 0 Å². The Labute approximate surface area is 116 Å². The highest BCUT2D eigenvalue weighted by Gasteiger charge is 2.17. The predicted molar refractivity (Wildman–Crippen MR) is 81.5 cm³/mol. The van der Waals surface area contributed by atoms with Crippen LogP contribution in [0.15, 0.2) is 24.3 Å². The summed E-state index contributed by atoms with van der Waals surface area (Å²) in [5.41, 5.74) is 2.50. The Bertz CT molecular complexity index is 419. The van der Waals surface area contributed by atoms with Crippen molar-refractivity contribution in [1.29, 1.82) is 0 Å². The summed E-state index contributed by atoms with van der Waals surface area (Å²) in [4.78, 5) is 11.6. The average Bonchev–Trinajstić information content (AvgIpc) is 2.27. The Morgan fingerprint density at radius 2 is 1.84 bits per heavy atom. The van der Waals surface area contributed by atoms with Gasteiger partial charge in [0, 0.05) is 24.7 Å². The van der Waals surface area contributed by atoms with E-state index < -0.39 is 0 Å². The van der Waals surface area contributed by atoms with Crippen LogP contribution in [0.1, 0.15) is 46.6 Å². The number of benzene rings is 1. The number of hydrogen-bond acceptors (Lipinski definition) is 2. The van der Waals surface area contributed by atoms with Gasteiger partial charge in [0.1, 0.15) is 0 Å². The lowest BCUT2D eigenvalue weighted by atomic mass is 9.86. The van der Waals surface area contributed by atoms with Crippen LogP contribution in [0.4, 0.5) is 5.69 Å². The molecule has 0 fully saturated rings. The summed E-state index contributed by atoms with van der Waals surface area (Å²) in [5.74, 6) is 0.0933. The number of para-hydroxylation sites is 1. The number of rotatable bonds is 5. The lowest BCUT2D eigenvalue weighted by Gasteiger charge is -2.23. The summed E-state index contributed by atoms with van der Waals surface area (Å²) in [6.45, 7) is 11.2. The first kappa shape index (κ1) is 15.5. The quantitative estimate of drug-likeness (QED) is 0.854. The van der Waals surface area contributed by atoms with Crippen molar-refractivity contribution in [3.63, 3.8) is 0 Å². The fourth-order valence-electron chi connectivity index (χ4n) is 2.00. The molecule has 0 bridgehead atoms. The van der Waals surface area contributed by atoms with Crippen molar-refractivity contribution < 1.29 is 4.79 Å². The van der Waals surface area contributed by atoms with Crippen LogP contribution in [0.25, 0.3) is 0 Å². The second kappa shape index (κ2) is 6.60. The van der Waals surface area contributed by atoms with Crippen molar-refractivity contribution in [2.45, 2.75) is 52.5 Å². The molecule has 19 heavy (non-hydrogen) atoms. The van der Waals surface area contributed by atoms with Gasteiger partial charge in [-0.05, 0) is 30.9 Å². The second-order valence-corrected chi connectivity index (χ2v) is 6.19. The van der Waals surface area contributed by atoms with Gasteiger partial charge in [-0.15, -0.1) is 0 Å². The Kier molecular flexibility index (Phi) is 5.40. The largest absolute Gasteiger partial charge is 0.384 e. The van der Waals surface area contributed by atoms with Crippen molar-refractivity contribution in [3.05, 3.63) is 29.8 Å². The van der Waals surface area contributed by atoms with E-state index in [9.17, 15) is 4.79 Å². The Balaban J connectivity index is 2.57. The van der Waals surface area contributed by atoms with Crippen molar-refractivity contribution in [3.8, 4) is 0 Å². The van der Waals surface area contributed by atoms with E-state index >= 15 is 0 Å². The van der Waals surface area contributed by atoms with Crippen LogP contribution in [0.2, 0.25) is 0 Å². The molecule has 0 aliphatic rings. The van der Waals surface area contributed by atoms with Gasteiger partial charge >= 0.3 is 0 Å². The van der Waals surface area contributed by atoms with Crippen molar-refractivity contribution in [2.75, 3.05) is 11.9 Å². The molecule has 3 nitrogen and oxygen atoms in total. The standard InChI is InChI=1S/C16H26N2O/c1-12(2)18-15(19)10-11-17-14-9-7-6-8-13(14)16(3,4)5/h6-9,12,17H,10-11H2,1-5H3,(H,18,19). The molecule has 0 saturated carbocycles. The van der Waals surface area contributed by atoms with E-state index in [0.29, 0.717) is 13.0 Å². The third-order valence-electron chi connectivity index (χ3n) is 2.85. The highest BCUT2D eigenvalue weighted by molar-refractivity contribution is 5.76. The third kappa shape index (κ3) is 5.33. The zero-order valence-corrected chi connectivity index (χ0v) is 12.7. The van der Waals surface area contributed by atoms with Crippen molar-refractivity contribution in [1.82, 2.24) is 5.32 Å². The van der Waals surface area contributed by atoms with Gasteiger partial charge in [-0.3, -0.25) is 4.79 Å². The van der Waals surface area contributed by atoms with E-state index in [4.69, 9.17) is 0 Å². The first-order valence-corrected chi connectivity index (χ1v) is 6.93. The van der Waals surface area contributed by atoms with Gasteiger partial charge in [0.15, 0.2) is 0 Å². The smallest absolute Gasteiger partial charge is 0.221 e. The molecular formula is C16H26N2O. The Hall–Kier alpha value is -1.51. The summed E-state index contributed by atoms with van der Waals surface area (Å²) in [7, 11) is 0. The number of nitrogens with one attached hydrogen (secondary N) is 2. The summed E-state index contributed by atoms with van der Waals surface area (Å²) in [6, 6.07) is 8.48. The minimum absolute atomic E-state index is 0.0933. The van der Waals surface area contributed by atoms with Gasteiger partial charge in [-0.2, -0.15) is 0 Å². The first-order chi connectivity index (χ1) is 8.80. The zero-order chi connectivity index (χ0) is 14.5. The lowest BCUT2D eigenvalue weighted by molar-refractivity contribution is -0.121. The minimum Gasteiger partial charge on any atom is -0.384 e. The molecule has 2 N–H and O–H groups in total. The lowest BCUT2D eigenvalue weighted by Crippen LogP contribution is -2.31. The maximum atomic E-state index is 11.6. The van der Waals surface area contributed by atoms with Crippen LogP contribution >= 0.6 is 0 Å². The fourth-order valence-corrected chi connectivity index (χ4v) is 2.00. The summed E-state index contributed by atoms with van der Waals surface area (Å²) < 4.78 is 0. The van der Waals surface area contributed by atoms with E-state index in [1.54, 1.807) is 0 Å². The highest BCUT2D eigenvalue weighted by atomic mass is 16.1. The Morgan fingerprint density at radius 1 is 1.21 bits per heavy atom. The van der Waals surface area contributed by atoms with Crippen LogP contribution < -0.4 is 10.6 Å². The maximum Gasteiger partial charge on any atom is 0.221 e. The molecule has 0 atom stereocenters. The van der Waals surface area contributed by atoms with Gasteiger partial charge in [-0.25, -0.2) is 0 Å².